The number of anilines is 2. The van der Waals surface area contributed by atoms with Crippen LogP contribution in [0, 0.1) is 0 Å². The van der Waals surface area contributed by atoms with Crippen LogP contribution in [0.25, 0.3) is 0 Å². The number of nitrogens with zero attached hydrogens (tertiary/aromatic N) is 1. The summed E-state index contributed by atoms with van der Waals surface area (Å²) < 4.78 is 0. The van der Waals surface area contributed by atoms with Gasteiger partial charge in [-0.25, -0.2) is 0 Å². The second-order valence-corrected chi connectivity index (χ2v) is 4.39. The smallest absolute Gasteiger partial charge is 0.0768 e. The number of halogens is 1. The van der Waals surface area contributed by atoms with Gasteiger partial charge in [0.05, 0.1) is 16.4 Å². The predicted octanol–water partition coefficient (Wildman–Crippen LogP) is 2.73. The molecule has 0 spiro atoms. The minimum Gasteiger partial charge on any atom is -0.380 e. The molecule has 2 aliphatic rings. The van der Waals surface area contributed by atoms with Crippen LogP contribution in [0.4, 0.5) is 11.4 Å². The predicted molar refractivity (Wildman–Crippen MR) is 60.3 cm³/mol. The second-order valence-electron chi connectivity index (χ2n) is 3.99. The quantitative estimate of drug-likeness (QED) is 0.764. The Kier molecular flexibility index (Phi) is 1.84. The van der Waals surface area contributed by atoms with Gasteiger partial charge in [-0.3, -0.25) is 0 Å². The van der Waals surface area contributed by atoms with Crippen LogP contribution < -0.4 is 10.2 Å². The maximum Gasteiger partial charge on any atom is 0.0768 e. The SMILES string of the molecule is Clc1cccc2c1NCCN2C1CC1. The van der Waals surface area contributed by atoms with Crippen molar-refractivity contribution in [3.05, 3.63) is 23.2 Å². The molecule has 1 aromatic rings. The number of fused-ring (bicyclic) bond motifs is 1. The minimum atomic E-state index is 0.773. The van der Waals surface area contributed by atoms with Crippen LogP contribution in [0.3, 0.4) is 0 Å². The van der Waals surface area contributed by atoms with E-state index in [-0.39, 0.29) is 0 Å². The molecule has 2 nitrogen and oxygen atoms in total. The van der Waals surface area contributed by atoms with Crippen molar-refractivity contribution in [3.63, 3.8) is 0 Å². The van der Waals surface area contributed by atoms with Crippen molar-refractivity contribution in [1.82, 2.24) is 0 Å². The van der Waals surface area contributed by atoms with Crippen LogP contribution in [0.5, 0.6) is 0 Å². The molecule has 1 heterocycles. The number of hydrogen-bond acceptors (Lipinski definition) is 2. The van der Waals surface area contributed by atoms with Crippen molar-refractivity contribution in [2.45, 2.75) is 18.9 Å². The highest BCUT2D eigenvalue weighted by atomic mass is 35.5. The third-order valence-corrected chi connectivity index (χ3v) is 3.26. The standard InChI is InChI=1S/C11H13ClN2/c12-9-2-1-3-10-11(9)13-6-7-14(10)8-4-5-8/h1-3,8,13H,4-7H2. The molecule has 74 valence electrons. The van der Waals surface area contributed by atoms with Crippen LogP contribution in [-0.2, 0) is 0 Å². The summed E-state index contributed by atoms with van der Waals surface area (Å²) in [5.74, 6) is 0. The highest BCUT2D eigenvalue weighted by Crippen LogP contribution is 2.40. The Hall–Kier alpha value is -0.890. The minimum absolute atomic E-state index is 0.773. The summed E-state index contributed by atoms with van der Waals surface area (Å²) in [6, 6.07) is 6.91. The van der Waals surface area contributed by atoms with Gasteiger partial charge in [-0.05, 0) is 25.0 Å². The third-order valence-electron chi connectivity index (χ3n) is 2.94. The first-order chi connectivity index (χ1) is 6.86. The van der Waals surface area contributed by atoms with Crippen LogP contribution in [0.1, 0.15) is 12.8 Å². The largest absolute Gasteiger partial charge is 0.380 e. The molecule has 0 aromatic heterocycles. The van der Waals surface area contributed by atoms with E-state index in [9.17, 15) is 0 Å². The lowest BCUT2D eigenvalue weighted by Gasteiger charge is -2.32. The zero-order valence-electron chi connectivity index (χ0n) is 7.96. The number of benzene rings is 1. The van der Waals surface area contributed by atoms with Gasteiger partial charge in [-0.2, -0.15) is 0 Å². The lowest BCUT2D eigenvalue weighted by Crippen LogP contribution is -2.35. The van der Waals surface area contributed by atoms with Crippen LogP contribution >= 0.6 is 11.6 Å². The Bertz CT molecular complexity index is 360. The molecule has 0 saturated heterocycles. The summed E-state index contributed by atoms with van der Waals surface area (Å²) in [6.45, 7) is 2.12. The molecule has 1 fully saturated rings. The Morgan fingerprint density at radius 1 is 1.36 bits per heavy atom. The highest BCUT2D eigenvalue weighted by molar-refractivity contribution is 6.34. The van der Waals surface area contributed by atoms with Crippen molar-refractivity contribution >= 4 is 23.0 Å². The molecular formula is C11H13ClN2. The average Bonchev–Trinajstić information content (AvgIpc) is 3.01. The molecule has 0 radical (unpaired) electrons. The van der Waals surface area contributed by atoms with E-state index in [0.29, 0.717) is 0 Å². The van der Waals surface area contributed by atoms with Crippen molar-refractivity contribution in [2.75, 3.05) is 23.3 Å². The van der Waals surface area contributed by atoms with Crippen LogP contribution in [0.15, 0.2) is 18.2 Å². The van der Waals surface area contributed by atoms with Gasteiger partial charge in [-0.15, -0.1) is 0 Å². The molecule has 1 aliphatic carbocycles. The van der Waals surface area contributed by atoms with Crippen molar-refractivity contribution in [2.24, 2.45) is 0 Å². The Morgan fingerprint density at radius 3 is 3.00 bits per heavy atom. The van der Waals surface area contributed by atoms with Crippen LogP contribution in [0.2, 0.25) is 5.02 Å². The van der Waals surface area contributed by atoms with Gasteiger partial charge in [-0.1, -0.05) is 17.7 Å². The molecule has 1 saturated carbocycles. The van der Waals surface area contributed by atoms with E-state index in [2.05, 4.69) is 16.3 Å². The molecule has 3 rings (SSSR count). The molecule has 1 aliphatic heterocycles. The summed E-state index contributed by atoms with van der Waals surface area (Å²) in [5.41, 5.74) is 2.40. The molecule has 1 N–H and O–H groups in total. The van der Waals surface area contributed by atoms with E-state index in [0.717, 1.165) is 29.8 Å². The maximum atomic E-state index is 6.14. The second kappa shape index (κ2) is 3.06. The number of nitrogens with one attached hydrogen (secondary N) is 1. The summed E-state index contributed by atoms with van der Waals surface area (Å²) in [7, 11) is 0. The Morgan fingerprint density at radius 2 is 2.21 bits per heavy atom. The van der Waals surface area contributed by atoms with E-state index >= 15 is 0 Å². The van der Waals surface area contributed by atoms with E-state index in [1.54, 1.807) is 0 Å². The first kappa shape index (κ1) is 8.42. The summed E-state index contributed by atoms with van der Waals surface area (Å²) in [6.07, 6.45) is 2.68. The third kappa shape index (κ3) is 1.25. The summed E-state index contributed by atoms with van der Waals surface area (Å²) in [4.78, 5) is 2.48. The van der Waals surface area contributed by atoms with Gasteiger partial charge >= 0.3 is 0 Å². The first-order valence-electron chi connectivity index (χ1n) is 5.15. The molecule has 0 unspecified atom stereocenters. The van der Waals surface area contributed by atoms with Gasteiger partial charge in [0.25, 0.3) is 0 Å². The van der Waals surface area contributed by atoms with Crippen molar-refractivity contribution in [1.29, 1.82) is 0 Å². The van der Waals surface area contributed by atoms with Gasteiger partial charge in [0.2, 0.25) is 0 Å². The molecule has 1 aromatic carbocycles. The monoisotopic (exact) mass is 208 g/mol. The normalized spacial score (nSPS) is 20.2. The fourth-order valence-corrected chi connectivity index (χ4v) is 2.35. The van der Waals surface area contributed by atoms with Gasteiger partial charge in [0, 0.05) is 19.1 Å². The first-order valence-corrected chi connectivity index (χ1v) is 5.53. The van der Waals surface area contributed by atoms with Crippen LogP contribution in [-0.4, -0.2) is 19.1 Å². The topological polar surface area (TPSA) is 15.3 Å². The van der Waals surface area contributed by atoms with Gasteiger partial charge in [0.1, 0.15) is 0 Å². The summed E-state index contributed by atoms with van der Waals surface area (Å²) >= 11 is 6.14. The Balaban J connectivity index is 2.05. The molecular weight excluding hydrogens is 196 g/mol. The number of hydrogen-bond donors (Lipinski definition) is 1. The zero-order valence-corrected chi connectivity index (χ0v) is 8.72. The van der Waals surface area contributed by atoms with Gasteiger partial charge < -0.3 is 10.2 Å². The van der Waals surface area contributed by atoms with Crippen molar-refractivity contribution < 1.29 is 0 Å². The van der Waals surface area contributed by atoms with E-state index < -0.39 is 0 Å². The fraction of sp³-hybridized carbons (Fsp3) is 0.455. The lowest BCUT2D eigenvalue weighted by atomic mass is 10.2. The molecule has 0 amide bonds. The Labute approximate surface area is 88.9 Å². The lowest BCUT2D eigenvalue weighted by molar-refractivity contribution is 0.782. The summed E-state index contributed by atoms with van der Waals surface area (Å²) in [5, 5.41) is 4.21. The van der Waals surface area contributed by atoms with Crippen molar-refractivity contribution in [3.8, 4) is 0 Å². The van der Waals surface area contributed by atoms with E-state index in [1.165, 1.54) is 18.5 Å². The highest BCUT2D eigenvalue weighted by Gasteiger charge is 2.32. The molecule has 0 bridgehead atoms. The molecule has 14 heavy (non-hydrogen) atoms. The molecule has 3 heteroatoms. The number of rotatable bonds is 1. The number of para-hydroxylation sites is 1. The molecule has 0 atom stereocenters. The maximum absolute atomic E-state index is 6.14. The van der Waals surface area contributed by atoms with E-state index in [4.69, 9.17) is 11.6 Å². The average molecular weight is 209 g/mol. The zero-order chi connectivity index (χ0) is 9.54. The van der Waals surface area contributed by atoms with E-state index in [1.807, 2.05) is 12.1 Å². The fourth-order valence-electron chi connectivity index (χ4n) is 2.11. The van der Waals surface area contributed by atoms with Gasteiger partial charge in [0.15, 0.2) is 0 Å².